The molecule has 3 aromatic rings. The summed E-state index contributed by atoms with van der Waals surface area (Å²) in [5.74, 6) is -0.0245. The van der Waals surface area contributed by atoms with E-state index in [9.17, 15) is 9.18 Å². The van der Waals surface area contributed by atoms with Gasteiger partial charge in [0.15, 0.2) is 6.61 Å². The predicted molar refractivity (Wildman–Crippen MR) is 111 cm³/mol. The lowest BCUT2D eigenvalue weighted by Crippen LogP contribution is -2.16. The normalized spacial score (nSPS) is 10.7. The molecule has 7 heteroatoms. The summed E-state index contributed by atoms with van der Waals surface area (Å²) in [6.07, 6.45) is 1.48. The zero-order valence-corrected chi connectivity index (χ0v) is 16.1. The van der Waals surface area contributed by atoms with Crippen molar-refractivity contribution in [3.8, 4) is 5.75 Å². The number of benzene rings is 3. The Bertz CT molecular complexity index is 976. The summed E-state index contributed by atoms with van der Waals surface area (Å²) in [5.41, 5.74) is 1.88. The van der Waals surface area contributed by atoms with E-state index < -0.39 is 0 Å². The molecule has 3 aromatic carbocycles. The lowest BCUT2D eigenvalue weighted by atomic mass is 10.2. The molecule has 0 unspecified atom stereocenters. The van der Waals surface area contributed by atoms with Crippen molar-refractivity contribution in [1.29, 1.82) is 0 Å². The molecular formula is C22H18ClFN2O3. The van der Waals surface area contributed by atoms with Crippen LogP contribution in [0.3, 0.4) is 0 Å². The van der Waals surface area contributed by atoms with E-state index in [1.807, 2.05) is 0 Å². The van der Waals surface area contributed by atoms with E-state index in [-0.39, 0.29) is 24.9 Å². The highest BCUT2D eigenvalue weighted by Crippen LogP contribution is 2.15. The molecule has 5 nitrogen and oxygen atoms in total. The topological polar surface area (TPSA) is 59.9 Å². The molecule has 0 saturated carbocycles. The highest BCUT2D eigenvalue weighted by molar-refractivity contribution is 6.30. The number of anilines is 1. The fourth-order valence-electron chi connectivity index (χ4n) is 2.35. The Labute approximate surface area is 172 Å². The van der Waals surface area contributed by atoms with Crippen LogP contribution in [0.25, 0.3) is 0 Å². The second-order valence-corrected chi connectivity index (χ2v) is 6.45. The minimum Gasteiger partial charge on any atom is -0.489 e. The van der Waals surface area contributed by atoms with E-state index in [0.717, 1.165) is 5.56 Å². The van der Waals surface area contributed by atoms with Crippen molar-refractivity contribution in [3.05, 3.63) is 94.8 Å². The molecule has 1 amide bonds. The van der Waals surface area contributed by atoms with Gasteiger partial charge in [-0.05, 0) is 60.2 Å². The van der Waals surface area contributed by atoms with Crippen LogP contribution in [0, 0.1) is 5.82 Å². The van der Waals surface area contributed by atoms with Crippen LogP contribution in [0.15, 0.2) is 78.0 Å². The maximum Gasteiger partial charge on any atom is 0.265 e. The van der Waals surface area contributed by atoms with Crippen molar-refractivity contribution in [2.75, 3.05) is 11.9 Å². The predicted octanol–water partition coefficient (Wildman–Crippen LogP) is 5.05. The molecular weight excluding hydrogens is 395 g/mol. The zero-order valence-electron chi connectivity index (χ0n) is 15.3. The van der Waals surface area contributed by atoms with Gasteiger partial charge in [-0.3, -0.25) is 4.79 Å². The van der Waals surface area contributed by atoms with Crippen molar-refractivity contribution in [2.24, 2.45) is 5.16 Å². The lowest BCUT2D eigenvalue weighted by molar-refractivity contribution is -0.120. The largest absolute Gasteiger partial charge is 0.489 e. The highest BCUT2D eigenvalue weighted by Gasteiger charge is 2.03. The number of ether oxygens (including phenoxy) is 1. The van der Waals surface area contributed by atoms with E-state index in [2.05, 4.69) is 10.5 Å². The molecule has 0 radical (unpaired) electrons. The summed E-state index contributed by atoms with van der Waals surface area (Å²) in [6.45, 7) is -0.0745. The van der Waals surface area contributed by atoms with Gasteiger partial charge in [0.2, 0.25) is 0 Å². The van der Waals surface area contributed by atoms with Crippen molar-refractivity contribution in [3.63, 3.8) is 0 Å². The smallest absolute Gasteiger partial charge is 0.265 e. The van der Waals surface area contributed by atoms with Gasteiger partial charge in [-0.2, -0.15) is 0 Å². The lowest BCUT2D eigenvalue weighted by Gasteiger charge is -2.07. The SMILES string of the molecule is O=C(CON=Cc1ccc(OCc2ccccc2F)cc1)Nc1ccc(Cl)cc1. The number of carbonyl (C=O) groups excluding carboxylic acids is 1. The number of rotatable bonds is 8. The third-order valence-corrected chi connectivity index (χ3v) is 4.08. The minimum atomic E-state index is -0.332. The van der Waals surface area contributed by atoms with Gasteiger partial charge in [0, 0.05) is 16.3 Å². The molecule has 0 spiro atoms. The molecule has 0 fully saturated rings. The number of hydrogen-bond donors (Lipinski definition) is 1. The number of nitrogens with one attached hydrogen (secondary N) is 1. The molecule has 0 aliphatic heterocycles. The Morgan fingerprint density at radius 1 is 1.03 bits per heavy atom. The second kappa shape index (κ2) is 10.2. The Morgan fingerprint density at radius 2 is 1.76 bits per heavy atom. The van der Waals surface area contributed by atoms with Gasteiger partial charge >= 0.3 is 0 Å². The number of oxime groups is 1. The average molecular weight is 413 g/mol. The number of carbonyl (C=O) groups is 1. The average Bonchev–Trinajstić information content (AvgIpc) is 2.73. The van der Waals surface area contributed by atoms with E-state index in [0.29, 0.717) is 22.0 Å². The van der Waals surface area contributed by atoms with Gasteiger partial charge in [-0.25, -0.2) is 4.39 Å². The monoisotopic (exact) mass is 412 g/mol. The first-order valence-electron chi connectivity index (χ1n) is 8.77. The van der Waals surface area contributed by atoms with Gasteiger partial charge in [0.25, 0.3) is 5.91 Å². The van der Waals surface area contributed by atoms with Crippen LogP contribution in [0.1, 0.15) is 11.1 Å². The van der Waals surface area contributed by atoms with Crippen molar-refractivity contribution in [2.45, 2.75) is 6.61 Å². The summed E-state index contributed by atoms with van der Waals surface area (Å²) in [6, 6.07) is 20.3. The van der Waals surface area contributed by atoms with Gasteiger partial charge in [-0.1, -0.05) is 35.0 Å². The molecule has 0 aromatic heterocycles. The Hall–Kier alpha value is -3.38. The maximum atomic E-state index is 13.6. The zero-order chi connectivity index (χ0) is 20.5. The Balaban J connectivity index is 1.42. The third kappa shape index (κ3) is 6.62. The van der Waals surface area contributed by atoms with Crippen LogP contribution in [0.4, 0.5) is 10.1 Å². The van der Waals surface area contributed by atoms with Crippen molar-refractivity contribution in [1.82, 2.24) is 0 Å². The minimum absolute atomic E-state index is 0.145. The first-order chi connectivity index (χ1) is 14.1. The molecule has 0 heterocycles. The molecule has 0 bridgehead atoms. The van der Waals surface area contributed by atoms with Gasteiger partial charge in [0.1, 0.15) is 18.2 Å². The van der Waals surface area contributed by atoms with Crippen LogP contribution < -0.4 is 10.1 Å². The van der Waals surface area contributed by atoms with Gasteiger partial charge < -0.3 is 14.9 Å². The molecule has 29 heavy (non-hydrogen) atoms. The summed E-state index contributed by atoms with van der Waals surface area (Å²) in [7, 11) is 0. The van der Waals surface area contributed by atoms with Gasteiger partial charge in [-0.15, -0.1) is 0 Å². The number of halogens is 2. The first-order valence-corrected chi connectivity index (χ1v) is 9.15. The fourth-order valence-corrected chi connectivity index (χ4v) is 2.48. The fraction of sp³-hybridized carbons (Fsp3) is 0.0909. The Morgan fingerprint density at radius 3 is 2.48 bits per heavy atom. The number of nitrogens with zero attached hydrogens (tertiary/aromatic N) is 1. The van der Waals surface area contributed by atoms with Crippen LogP contribution in [0.5, 0.6) is 5.75 Å². The van der Waals surface area contributed by atoms with E-state index in [1.165, 1.54) is 12.3 Å². The molecule has 3 rings (SSSR count). The maximum absolute atomic E-state index is 13.6. The molecule has 0 atom stereocenters. The third-order valence-electron chi connectivity index (χ3n) is 3.83. The first kappa shape index (κ1) is 20.4. The summed E-state index contributed by atoms with van der Waals surface area (Å²) in [4.78, 5) is 16.8. The van der Waals surface area contributed by atoms with Crippen molar-refractivity contribution < 1.29 is 18.8 Å². The molecule has 0 saturated heterocycles. The van der Waals surface area contributed by atoms with E-state index in [4.69, 9.17) is 21.2 Å². The quantitative estimate of drug-likeness (QED) is 0.416. The van der Waals surface area contributed by atoms with Gasteiger partial charge in [0.05, 0.1) is 6.21 Å². The number of amides is 1. The van der Waals surface area contributed by atoms with E-state index in [1.54, 1.807) is 66.7 Å². The van der Waals surface area contributed by atoms with E-state index >= 15 is 0 Å². The molecule has 0 aliphatic carbocycles. The highest BCUT2D eigenvalue weighted by atomic mass is 35.5. The van der Waals surface area contributed by atoms with Crippen molar-refractivity contribution >= 4 is 29.4 Å². The second-order valence-electron chi connectivity index (χ2n) is 6.01. The molecule has 148 valence electrons. The summed E-state index contributed by atoms with van der Waals surface area (Å²) >= 11 is 5.79. The molecule has 1 N–H and O–H groups in total. The summed E-state index contributed by atoms with van der Waals surface area (Å²) in [5, 5.41) is 7.03. The van der Waals surface area contributed by atoms with Crippen LogP contribution in [-0.2, 0) is 16.2 Å². The Kier molecular flexibility index (Phi) is 7.19. The molecule has 0 aliphatic rings. The summed E-state index contributed by atoms with van der Waals surface area (Å²) < 4.78 is 19.2. The van der Waals surface area contributed by atoms with Crippen LogP contribution >= 0.6 is 11.6 Å². The number of hydrogen-bond acceptors (Lipinski definition) is 4. The van der Waals surface area contributed by atoms with Crippen LogP contribution in [0.2, 0.25) is 5.02 Å². The standard InChI is InChI=1S/C22H18ClFN2O3/c23-18-7-9-19(10-8-18)26-22(27)15-29-25-13-16-5-11-20(12-6-16)28-14-17-3-1-2-4-21(17)24/h1-13H,14-15H2,(H,26,27). The van der Waals surface area contributed by atoms with Crippen LogP contribution in [-0.4, -0.2) is 18.7 Å².